The lowest BCUT2D eigenvalue weighted by molar-refractivity contribution is -0.0662. The second-order valence-corrected chi connectivity index (χ2v) is 7.08. The lowest BCUT2D eigenvalue weighted by Crippen LogP contribution is -2.38. The molecule has 0 amide bonds. The van der Waals surface area contributed by atoms with Crippen LogP contribution in [0.15, 0.2) is 22.7 Å². The molecule has 0 aromatic heterocycles. The lowest BCUT2D eigenvalue weighted by atomic mass is 9.94. The minimum atomic E-state index is -0.251. The summed E-state index contributed by atoms with van der Waals surface area (Å²) >= 11 is 3.45. The van der Waals surface area contributed by atoms with Crippen LogP contribution in [-0.2, 0) is 4.74 Å². The Morgan fingerprint density at radius 2 is 2.05 bits per heavy atom. The molecule has 1 unspecified atom stereocenters. The smallest absolute Gasteiger partial charge is 0.101 e. The van der Waals surface area contributed by atoms with Gasteiger partial charge in [-0.2, -0.15) is 5.26 Å². The SMILES string of the molecule is CC1(C)CC(Nc2cc(Br)ccc2C#N)C(C)(C)O1. The molecule has 1 N–H and O–H groups in total. The number of nitrogens with zero attached hydrogens (tertiary/aromatic N) is 1. The fourth-order valence-corrected chi connectivity index (χ4v) is 3.07. The second-order valence-electron chi connectivity index (χ2n) is 6.17. The molecular formula is C15H19BrN2O. The molecule has 3 nitrogen and oxygen atoms in total. The predicted molar refractivity (Wildman–Crippen MR) is 80.1 cm³/mol. The van der Waals surface area contributed by atoms with Crippen molar-refractivity contribution in [2.75, 3.05) is 5.32 Å². The van der Waals surface area contributed by atoms with Gasteiger partial charge in [-0.15, -0.1) is 0 Å². The lowest BCUT2D eigenvalue weighted by Gasteiger charge is -2.28. The van der Waals surface area contributed by atoms with Crippen LogP contribution in [0.3, 0.4) is 0 Å². The van der Waals surface area contributed by atoms with E-state index in [9.17, 15) is 5.26 Å². The Labute approximate surface area is 123 Å². The van der Waals surface area contributed by atoms with E-state index in [4.69, 9.17) is 4.74 Å². The Kier molecular flexibility index (Phi) is 3.63. The number of nitrogens with one attached hydrogen (secondary N) is 1. The van der Waals surface area contributed by atoms with Crippen LogP contribution in [0.4, 0.5) is 5.69 Å². The van der Waals surface area contributed by atoms with Gasteiger partial charge in [0.1, 0.15) is 6.07 Å². The molecule has 2 rings (SSSR count). The maximum atomic E-state index is 9.18. The zero-order valence-corrected chi connectivity index (χ0v) is 13.3. The van der Waals surface area contributed by atoms with E-state index in [2.05, 4.69) is 55.0 Å². The topological polar surface area (TPSA) is 45.0 Å². The van der Waals surface area contributed by atoms with Crippen LogP contribution in [-0.4, -0.2) is 17.2 Å². The quantitative estimate of drug-likeness (QED) is 0.892. The van der Waals surface area contributed by atoms with Crippen molar-refractivity contribution in [2.24, 2.45) is 0 Å². The molecule has 1 heterocycles. The van der Waals surface area contributed by atoms with Crippen LogP contribution < -0.4 is 5.32 Å². The van der Waals surface area contributed by atoms with Crippen molar-refractivity contribution in [3.05, 3.63) is 28.2 Å². The van der Waals surface area contributed by atoms with Crippen molar-refractivity contribution in [1.29, 1.82) is 5.26 Å². The fourth-order valence-electron chi connectivity index (χ4n) is 2.71. The van der Waals surface area contributed by atoms with Gasteiger partial charge in [0, 0.05) is 4.47 Å². The third kappa shape index (κ3) is 3.10. The van der Waals surface area contributed by atoms with Gasteiger partial charge in [0.25, 0.3) is 0 Å². The summed E-state index contributed by atoms with van der Waals surface area (Å²) in [6, 6.07) is 8.05. The van der Waals surface area contributed by atoms with Crippen LogP contribution >= 0.6 is 15.9 Å². The van der Waals surface area contributed by atoms with Gasteiger partial charge in [0.15, 0.2) is 0 Å². The van der Waals surface area contributed by atoms with E-state index >= 15 is 0 Å². The van der Waals surface area contributed by atoms with Gasteiger partial charge < -0.3 is 10.1 Å². The molecule has 102 valence electrons. The highest BCUT2D eigenvalue weighted by Crippen LogP contribution is 2.39. The Hall–Kier alpha value is -1.05. The second kappa shape index (κ2) is 4.81. The summed E-state index contributed by atoms with van der Waals surface area (Å²) < 4.78 is 7.03. The van der Waals surface area contributed by atoms with E-state index in [0.29, 0.717) is 5.56 Å². The first-order valence-electron chi connectivity index (χ1n) is 6.40. The summed E-state index contributed by atoms with van der Waals surface area (Å²) in [6.45, 7) is 8.37. The summed E-state index contributed by atoms with van der Waals surface area (Å²) in [6.07, 6.45) is 0.914. The average molecular weight is 323 g/mol. The van der Waals surface area contributed by atoms with Crippen molar-refractivity contribution < 1.29 is 4.74 Å². The number of ether oxygens (including phenoxy) is 1. The monoisotopic (exact) mass is 322 g/mol. The van der Waals surface area contributed by atoms with Crippen molar-refractivity contribution in [2.45, 2.75) is 51.4 Å². The highest BCUT2D eigenvalue weighted by molar-refractivity contribution is 9.10. The molecule has 0 saturated carbocycles. The third-order valence-corrected chi connectivity index (χ3v) is 4.00. The molecule has 4 heteroatoms. The molecule has 1 aromatic rings. The number of benzene rings is 1. The zero-order chi connectivity index (χ0) is 14.3. The van der Waals surface area contributed by atoms with Gasteiger partial charge >= 0.3 is 0 Å². The minimum Gasteiger partial charge on any atom is -0.378 e. The first kappa shape index (κ1) is 14.4. The molecule has 1 atom stereocenters. The van der Waals surface area contributed by atoms with Crippen molar-refractivity contribution in [3.63, 3.8) is 0 Å². The normalized spacial score (nSPS) is 23.9. The zero-order valence-electron chi connectivity index (χ0n) is 11.7. The van der Waals surface area contributed by atoms with E-state index in [1.165, 1.54) is 0 Å². The molecular weight excluding hydrogens is 304 g/mol. The highest BCUT2D eigenvalue weighted by Gasteiger charge is 2.45. The minimum absolute atomic E-state index is 0.139. The average Bonchev–Trinajstić information content (AvgIpc) is 2.47. The van der Waals surface area contributed by atoms with Crippen LogP contribution in [0.5, 0.6) is 0 Å². The van der Waals surface area contributed by atoms with Gasteiger partial charge in [-0.3, -0.25) is 0 Å². The number of anilines is 1. The van der Waals surface area contributed by atoms with Crippen molar-refractivity contribution in [3.8, 4) is 6.07 Å². The Balaban J connectivity index is 2.27. The fraction of sp³-hybridized carbons (Fsp3) is 0.533. The first-order chi connectivity index (χ1) is 8.73. The number of hydrogen-bond donors (Lipinski definition) is 1. The van der Waals surface area contributed by atoms with Gasteiger partial charge in [0.05, 0.1) is 28.5 Å². The Bertz CT molecular complexity index is 531. The number of hydrogen-bond acceptors (Lipinski definition) is 3. The molecule has 1 aromatic carbocycles. The number of halogens is 1. The molecule has 0 spiro atoms. The molecule has 1 aliphatic rings. The first-order valence-corrected chi connectivity index (χ1v) is 7.19. The standard InChI is InChI=1S/C15H19BrN2O/c1-14(2)8-13(15(3,4)19-14)18-12-7-11(16)6-5-10(12)9-17/h5-7,13,18H,8H2,1-4H3. The van der Waals surface area contributed by atoms with Crippen LogP contribution in [0.1, 0.15) is 39.7 Å². The molecule has 19 heavy (non-hydrogen) atoms. The van der Waals surface area contributed by atoms with Gasteiger partial charge in [0.2, 0.25) is 0 Å². The predicted octanol–water partition coefficient (Wildman–Crippen LogP) is 4.08. The van der Waals surface area contributed by atoms with Crippen LogP contribution in [0, 0.1) is 11.3 Å². The molecule has 0 aliphatic carbocycles. The summed E-state index contributed by atoms with van der Waals surface area (Å²) in [5.74, 6) is 0. The number of rotatable bonds is 2. The maximum absolute atomic E-state index is 9.18. The molecule has 1 aliphatic heterocycles. The van der Waals surface area contributed by atoms with Crippen molar-refractivity contribution >= 4 is 21.6 Å². The Morgan fingerprint density at radius 3 is 2.58 bits per heavy atom. The Morgan fingerprint density at radius 1 is 1.37 bits per heavy atom. The van der Waals surface area contributed by atoms with Crippen LogP contribution in [0.25, 0.3) is 0 Å². The summed E-state index contributed by atoms with van der Waals surface area (Å²) in [5, 5.41) is 12.6. The van der Waals surface area contributed by atoms with Gasteiger partial charge in [-0.25, -0.2) is 0 Å². The van der Waals surface area contributed by atoms with E-state index in [0.717, 1.165) is 16.6 Å². The highest BCUT2D eigenvalue weighted by atomic mass is 79.9. The molecule has 0 bridgehead atoms. The van der Waals surface area contributed by atoms with Gasteiger partial charge in [-0.1, -0.05) is 15.9 Å². The van der Waals surface area contributed by atoms with E-state index < -0.39 is 0 Å². The third-order valence-electron chi connectivity index (χ3n) is 3.51. The molecule has 0 radical (unpaired) electrons. The van der Waals surface area contributed by atoms with E-state index in [1.807, 2.05) is 18.2 Å². The van der Waals surface area contributed by atoms with Crippen LogP contribution in [0.2, 0.25) is 0 Å². The molecule has 1 fully saturated rings. The summed E-state index contributed by atoms with van der Waals surface area (Å²) in [5.41, 5.74) is 1.12. The van der Waals surface area contributed by atoms with Crippen molar-refractivity contribution in [1.82, 2.24) is 0 Å². The van der Waals surface area contributed by atoms with E-state index in [-0.39, 0.29) is 17.2 Å². The van der Waals surface area contributed by atoms with E-state index in [1.54, 1.807) is 0 Å². The largest absolute Gasteiger partial charge is 0.378 e. The molecule has 1 saturated heterocycles. The van der Waals surface area contributed by atoms with Gasteiger partial charge in [-0.05, 0) is 52.3 Å². The maximum Gasteiger partial charge on any atom is 0.101 e. The number of nitriles is 1. The summed E-state index contributed by atoms with van der Waals surface area (Å²) in [7, 11) is 0. The summed E-state index contributed by atoms with van der Waals surface area (Å²) in [4.78, 5) is 0.